The van der Waals surface area contributed by atoms with Crippen molar-refractivity contribution in [2.75, 3.05) is 13.1 Å². The zero-order valence-corrected chi connectivity index (χ0v) is 12.8. The van der Waals surface area contributed by atoms with Gasteiger partial charge in [0, 0.05) is 29.8 Å². The molecule has 4 nitrogen and oxygen atoms in total. The third-order valence-corrected chi connectivity index (χ3v) is 4.96. The molecule has 0 bridgehead atoms. The summed E-state index contributed by atoms with van der Waals surface area (Å²) >= 11 is 7.12. The first-order valence-corrected chi connectivity index (χ1v) is 7.74. The van der Waals surface area contributed by atoms with E-state index in [1.54, 1.807) is 11.4 Å². The number of carbonyl (C=O) groups excluding carboxylic acids is 1. The van der Waals surface area contributed by atoms with Gasteiger partial charge in [-0.3, -0.25) is 9.59 Å². The summed E-state index contributed by atoms with van der Waals surface area (Å²) < 4.78 is 38.5. The largest absolute Gasteiger partial charge is 0.481 e. The number of alkyl halides is 3. The summed E-state index contributed by atoms with van der Waals surface area (Å²) in [5.41, 5.74) is 0. The van der Waals surface area contributed by atoms with E-state index in [0.717, 1.165) is 9.78 Å². The quantitative estimate of drug-likeness (QED) is 0.903. The molecule has 1 aliphatic rings. The highest BCUT2D eigenvalue weighted by Gasteiger charge is 2.53. The predicted molar refractivity (Wildman–Crippen MR) is 74.9 cm³/mol. The number of hydrogen-bond acceptors (Lipinski definition) is 3. The number of amides is 1. The van der Waals surface area contributed by atoms with Gasteiger partial charge in [-0.25, -0.2) is 0 Å². The highest BCUT2D eigenvalue weighted by atomic mass is 35.5. The van der Waals surface area contributed by atoms with Crippen molar-refractivity contribution in [3.05, 3.63) is 21.3 Å². The maximum atomic E-state index is 12.8. The molecule has 1 N–H and O–H groups in total. The van der Waals surface area contributed by atoms with Crippen LogP contribution in [0.1, 0.15) is 11.3 Å². The number of nitrogens with zero attached hydrogens (tertiary/aromatic N) is 1. The topological polar surface area (TPSA) is 57.6 Å². The zero-order chi connectivity index (χ0) is 16.5. The summed E-state index contributed by atoms with van der Waals surface area (Å²) in [5, 5.41) is 11.2. The van der Waals surface area contributed by atoms with Gasteiger partial charge in [-0.05, 0) is 12.5 Å². The van der Waals surface area contributed by atoms with Gasteiger partial charge < -0.3 is 10.0 Å². The molecule has 2 atom stereocenters. The van der Waals surface area contributed by atoms with Crippen molar-refractivity contribution in [2.45, 2.75) is 19.0 Å². The summed E-state index contributed by atoms with van der Waals surface area (Å²) in [6, 6.07) is 1.70. The van der Waals surface area contributed by atoms with Crippen molar-refractivity contribution in [3.8, 4) is 0 Å². The molecule has 1 saturated heterocycles. The Morgan fingerprint density at radius 2 is 2.09 bits per heavy atom. The van der Waals surface area contributed by atoms with Crippen molar-refractivity contribution in [1.29, 1.82) is 0 Å². The molecule has 0 spiro atoms. The summed E-state index contributed by atoms with van der Waals surface area (Å²) in [6.45, 7) is -0.992. The molecule has 122 valence electrons. The van der Waals surface area contributed by atoms with Crippen LogP contribution in [0.25, 0.3) is 0 Å². The predicted octanol–water partition coefficient (Wildman–Crippen LogP) is 3.06. The van der Waals surface area contributed by atoms with E-state index >= 15 is 0 Å². The average molecular weight is 356 g/mol. The number of aliphatic carboxylic acids is 1. The van der Waals surface area contributed by atoms with Crippen LogP contribution in [0.2, 0.25) is 5.02 Å². The van der Waals surface area contributed by atoms with Gasteiger partial charge in [0.05, 0.1) is 16.9 Å². The van der Waals surface area contributed by atoms with Gasteiger partial charge in [-0.2, -0.15) is 13.2 Å². The van der Waals surface area contributed by atoms with Crippen LogP contribution in [-0.4, -0.2) is 41.1 Å². The molecule has 2 rings (SSSR count). The van der Waals surface area contributed by atoms with Gasteiger partial charge in [0.2, 0.25) is 5.91 Å². The SMILES string of the molecule is O=C(O)[C@@H]1CN(C(=O)CCc2cc(Cl)cs2)C[C@H]1C(F)(F)F. The molecular weight excluding hydrogens is 343 g/mol. The number of thiophene rings is 1. The third-order valence-electron chi connectivity index (χ3n) is 3.62. The Bertz CT molecular complexity index is 575. The first-order valence-electron chi connectivity index (χ1n) is 6.48. The molecule has 1 aromatic heterocycles. The van der Waals surface area contributed by atoms with Gasteiger partial charge >= 0.3 is 12.1 Å². The molecular formula is C13H13ClF3NO3S. The molecule has 9 heteroatoms. The summed E-state index contributed by atoms with van der Waals surface area (Å²) in [7, 11) is 0. The third kappa shape index (κ3) is 3.92. The van der Waals surface area contributed by atoms with E-state index < -0.39 is 43.0 Å². The Morgan fingerprint density at radius 1 is 1.41 bits per heavy atom. The fourth-order valence-electron chi connectivity index (χ4n) is 2.46. The van der Waals surface area contributed by atoms with Crippen LogP contribution in [0, 0.1) is 11.8 Å². The van der Waals surface area contributed by atoms with Crippen LogP contribution in [-0.2, 0) is 16.0 Å². The smallest absolute Gasteiger partial charge is 0.394 e. The lowest BCUT2D eigenvalue weighted by atomic mass is 9.96. The van der Waals surface area contributed by atoms with E-state index in [1.807, 2.05) is 0 Å². The van der Waals surface area contributed by atoms with Crippen molar-refractivity contribution in [1.82, 2.24) is 4.90 Å². The first-order chi connectivity index (χ1) is 10.2. The van der Waals surface area contributed by atoms with E-state index in [-0.39, 0.29) is 6.42 Å². The van der Waals surface area contributed by atoms with Gasteiger partial charge in [0.15, 0.2) is 0 Å². The number of hydrogen-bond donors (Lipinski definition) is 1. The summed E-state index contributed by atoms with van der Waals surface area (Å²) in [6.07, 6.45) is -4.21. The fourth-order valence-corrected chi connectivity index (χ4v) is 3.54. The highest BCUT2D eigenvalue weighted by molar-refractivity contribution is 7.10. The van der Waals surface area contributed by atoms with Crippen LogP contribution < -0.4 is 0 Å². The van der Waals surface area contributed by atoms with Crippen LogP contribution in [0.15, 0.2) is 11.4 Å². The molecule has 1 fully saturated rings. The van der Waals surface area contributed by atoms with Crippen molar-refractivity contribution in [2.24, 2.45) is 11.8 Å². The number of halogens is 4. The minimum atomic E-state index is -4.63. The number of carboxylic acids is 1. The summed E-state index contributed by atoms with van der Waals surface area (Å²) in [4.78, 5) is 24.8. The van der Waals surface area contributed by atoms with Crippen LogP contribution >= 0.6 is 22.9 Å². The van der Waals surface area contributed by atoms with Gasteiger partial charge in [-0.1, -0.05) is 11.6 Å². The maximum Gasteiger partial charge on any atom is 0.394 e. The monoisotopic (exact) mass is 355 g/mol. The lowest BCUT2D eigenvalue weighted by Gasteiger charge is -2.18. The molecule has 1 aromatic rings. The number of likely N-dealkylation sites (tertiary alicyclic amines) is 1. The molecule has 0 aliphatic carbocycles. The Labute approximate surface area is 133 Å². The fraction of sp³-hybridized carbons (Fsp3) is 0.538. The number of rotatable bonds is 4. The standard InChI is InChI=1S/C13H13ClF3NO3S/c14-7-3-8(22-6-7)1-2-11(19)18-4-9(12(20)21)10(5-18)13(15,16)17/h3,6,9-10H,1-2,4-5H2,(H,20,21)/t9-,10-/m1/s1. The molecule has 1 aliphatic heterocycles. The summed E-state index contributed by atoms with van der Waals surface area (Å²) in [5.74, 6) is -5.60. The molecule has 0 unspecified atom stereocenters. The second kappa shape index (κ2) is 6.45. The van der Waals surface area contributed by atoms with E-state index in [9.17, 15) is 22.8 Å². The van der Waals surface area contributed by atoms with E-state index in [4.69, 9.17) is 16.7 Å². The Morgan fingerprint density at radius 3 is 2.55 bits per heavy atom. The number of aryl methyl sites for hydroxylation is 1. The van der Waals surface area contributed by atoms with Crippen LogP contribution in [0.3, 0.4) is 0 Å². The van der Waals surface area contributed by atoms with Crippen LogP contribution in [0.4, 0.5) is 13.2 Å². The normalized spacial score (nSPS) is 22.1. The molecule has 0 radical (unpaired) electrons. The highest BCUT2D eigenvalue weighted by Crippen LogP contribution is 2.38. The first kappa shape index (κ1) is 17.1. The molecule has 2 heterocycles. The Balaban J connectivity index is 1.97. The second-order valence-corrected chi connectivity index (χ2v) is 6.56. The minimum absolute atomic E-state index is 0.0355. The molecule has 0 aromatic carbocycles. The van der Waals surface area contributed by atoms with Gasteiger partial charge in [0.25, 0.3) is 0 Å². The number of carboxylic acid groups (broad SMARTS) is 1. The lowest BCUT2D eigenvalue weighted by Crippen LogP contribution is -2.34. The maximum absolute atomic E-state index is 12.8. The molecule has 1 amide bonds. The Kier molecular flexibility index (Phi) is 5.01. The second-order valence-electron chi connectivity index (χ2n) is 5.12. The lowest BCUT2D eigenvalue weighted by molar-refractivity contribution is -0.188. The van der Waals surface area contributed by atoms with Crippen molar-refractivity contribution in [3.63, 3.8) is 0 Å². The molecule has 0 saturated carbocycles. The minimum Gasteiger partial charge on any atom is -0.481 e. The molecule has 22 heavy (non-hydrogen) atoms. The number of carbonyl (C=O) groups is 2. The van der Waals surface area contributed by atoms with Gasteiger partial charge in [0.1, 0.15) is 0 Å². The Hall–Kier alpha value is -1.28. The van der Waals surface area contributed by atoms with E-state index in [2.05, 4.69) is 0 Å². The zero-order valence-electron chi connectivity index (χ0n) is 11.3. The average Bonchev–Trinajstić information content (AvgIpc) is 3.01. The van der Waals surface area contributed by atoms with Crippen LogP contribution in [0.5, 0.6) is 0 Å². The van der Waals surface area contributed by atoms with Gasteiger partial charge in [-0.15, -0.1) is 11.3 Å². The van der Waals surface area contributed by atoms with E-state index in [1.165, 1.54) is 11.3 Å². The van der Waals surface area contributed by atoms with Crippen molar-refractivity contribution < 1.29 is 27.9 Å². The van der Waals surface area contributed by atoms with E-state index in [0.29, 0.717) is 11.4 Å². The van der Waals surface area contributed by atoms with Crippen molar-refractivity contribution >= 4 is 34.8 Å².